The lowest BCUT2D eigenvalue weighted by Crippen LogP contribution is -2.30. The van der Waals surface area contributed by atoms with Gasteiger partial charge in [0.2, 0.25) is 0 Å². The van der Waals surface area contributed by atoms with Crippen LogP contribution in [-0.4, -0.2) is 26.7 Å². The highest BCUT2D eigenvalue weighted by molar-refractivity contribution is 6.08. The fourth-order valence-electron chi connectivity index (χ4n) is 2.89. The minimum atomic E-state index is -0.828. The van der Waals surface area contributed by atoms with Crippen LogP contribution in [0.4, 0.5) is 4.39 Å². The normalized spacial score (nSPS) is 17.5. The van der Waals surface area contributed by atoms with Crippen molar-refractivity contribution >= 4 is 11.7 Å². The van der Waals surface area contributed by atoms with Crippen molar-refractivity contribution in [3.63, 3.8) is 0 Å². The second kappa shape index (κ2) is 6.23. The summed E-state index contributed by atoms with van der Waals surface area (Å²) in [5.74, 6) is -2.14. The average Bonchev–Trinajstić information content (AvgIpc) is 2.81. The summed E-state index contributed by atoms with van der Waals surface area (Å²) in [5, 5.41) is 10.1. The Labute approximate surface area is 138 Å². The first-order chi connectivity index (χ1) is 11.5. The van der Waals surface area contributed by atoms with E-state index in [-0.39, 0.29) is 12.1 Å². The zero-order chi connectivity index (χ0) is 17.3. The Morgan fingerprint density at radius 3 is 2.75 bits per heavy atom. The van der Waals surface area contributed by atoms with Gasteiger partial charge in [0.25, 0.3) is 5.91 Å². The molecule has 0 fully saturated rings. The molecule has 3 rings (SSSR count). The van der Waals surface area contributed by atoms with Crippen LogP contribution in [0.5, 0.6) is 0 Å². The Balaban J connectivity index is 2.06. The highest BCUT2D eigenvalue weighted by atomic mass is 19.1. The van der Waals surface area contributed by atoms with Gasteiger partial charge in [0.05, 0.1) is 11.6 Å². The molecule has 0 aliphatic carbocycles. The van der Waals surface area contributed by atoms with Crippen molar-refractivity contribution in [2.24, 2.45) is 0 Å². The molecule has 0 radical (unpaired) electrons. The lowest BCUT2D eigenvalue weighted by molar-refractivity contribution is -0.130. The van der Waals surface area contributed by atoms with Crippen LogP contribution in [0.1, 0.15) is 24.1 Å². The van der Waals surface area contributed by atoms with Gasteiger partial charge < -0.3 is 10.0 Å². The number of hydrogen-bond acceptors (Lipinski definition) is 4. The maximum Gasteiger partial charge on any atom is 0.290 e. The van der Waals surface area contributed by atoms with Gasteiger partial charge in [-0.1, -0.05) is 18.2 Å². The molecule has 0 bridgehead atoms. The minimum Gasteiger partial charge on any atom is -0.503 e. The Bertz CT molecular complexity index is 833. The molecule has 1 aliphatic rings. The van der Waals surface area contributed by atoms with Crippen LogP contribution >= 0.6 is 0 Å². The number of nitrogens with zero attached hydrogens (tertiary/aromatic N) is 2. The molecule has 1 aromatic heterocycles. The molecule has 0 saturated carbocycles. The average molecular weight is 326 g/mol. The molecular formula is C18H15FN2O3. The van der Waals surface area contributed by atoms with Crippen molar-refractivity contribution in [3.8, 4) is 0 Å². The smallest absolute Gasteiger partial charge is 0.290 e. The zero-order valence-electron chi connectivity index (χ0n) is 12.9. The van der Waals surface area contributed by atoms with Gasteiger partial charge in [-0.3, -0.25) is 14.6 Å². The number of amides is 1. The van der Waals surface area contributed by atoms with E-state index in [1.807, 2.05) is 0 Å². The number of hydrogen-bond donors (Lipinski definition) is 1. The summed E-state index contributed by atoms with van der Waals surface area (Å²) in [5.41, 5.74) is 1.15. The number of carbonyl (C=O) groups is 2. The van der Waals surface area contributed by atoms with Gasteiger partial charge >= 0.3 is 0 Å². The molecule has 1 N–H and O–H groups in total. The number of benzene rings is 1. The van der Waals surface area contributed by atoms with E-state index in [4.69, 9.17) is 0 Å². The number of pyridine rings is 1. The van der Waals surface area contributed by atoms with E-state index in [9.17, 15) is 19.1 Å². The maximum absolute atomic E-state index is 13.6. The van der Waals surface area contributed by atoms with Gasteiger partial charge in [-0.25, -0.2) is 4.39 Å². The second-order valence-corrected chi connectivity index (χ2v) is 5.57. The highest BCUT2D eigenvalue weighted by Crippen LogP contribution is 2.38. The quantitative estimate of drug-likeness (QED) is 0.938. The number of halogens is 1. The summed E-state index contributed by atoms with van der Waals surface area (Å²) < 4.78 is 13.6. The SMILES string of the molecule is CC(=O)C1=C(O)C(=O)N(Cc2cccnc2)[C@@H]1c1cccc(F)c1. The lowest BCUT2D eigenvalue weighted by atomic mass is 9.96. The molecule has 1 amide bonds. The Hall–Kier alpha value is -3.02. The van der Waals surface area contributed by atoms with E-state index >= 15 is 0 Å². The number of rotatable bonds is 4. The summed E-state index contributed by atoms with van der Waals surface area (Å²) in [7, 11) is 0. The summed E-state index contributed by atoms with van der Waals surface area (Å²) in [6.07, 6.45) is 3.20. The first kappa shape index (κ1) is 15.9. The van der Waals surface area contributed by atoms with Crippen molar-refractivity contribution in [2.45, 2.75) is 19.5 Å². The molecule has 2 heterocycles. The standard InChI is InChI=1S/C18H15FN2O3/c1-11(22)15-16(13-5-2-6-14(19)8-13)21(18(24)17(15)23)10-12-4-3-7-20-9-12/h2-9,16,23H,10H2,1H3/t16-/m1/s1. The summed E-state index contributed by atoms with van der Waals surface area (Å²) in [6.45, 7) is 1.42. The number of aliphatic hydroxyl groups excluding tert-OH is 1. The van der Waals surface area contributed by atoms with Crippen LogP contribution in [0.25, 0.3) is 0 Å². The van der Waals surface area contributed by atoms with Crippen LogP contribution in [0.3, 0.4) is 0 Å². The molecule has 122 valence electrons. The molecule has 0 unspecified atom stereocenters. The third kappa shape index (κ3) is 2.78. The predicted octanol–water partition coefficient (Wildman–Crippen LogP) is 2.71. The topological polar surface area (TPSA) is 70.5 Å². The largest absolute Gasteiger partial charge is 0.503 e. The maximum atomic E-state index is 13.6. The third-order valence-electron chi connectivity index (χ3n) is 3.92. The van der Waals surface area contributed by atoms with E-state index in [1.165, 1.54) is 30.0 Å². The third-order valence-corrected chi connectivity index (χ3v) is 3.92. The molecule has 1 aliphatic heterocycles. The number of Topliss-reactive ketones (excluding diaryl/α,β-unsaturated/α-hetero) is 1. The van der Waals surface area contributed by atoms with E-state index < -0.39 is 29.3 Å². The molecule has 24 heavy (non-hydrogen) atoms. The highest BCUT2D eigenvalue weighted by Gasteiger charge is 2.42. The Morgan fingerprint density at radius 2 is 2.12 bits per heavy atom. The second-order valence-electron chi connectivity index (χ2n) is 5.57. The van der Waals surface area contributed by atoms with Crippen LogP contribution < -0.4 is 0 Å². The van der Waals surface area contributed by atoms with Gasteiger partial charge in [0, 0.05) is 18.9 Å². The van der Waals surface area contributed by atoms with Gasteiger partial charge in [-0.15, -0.1) is 0 Å². The van der Waals surface area contributed by atoms with Crippen LogP contribution in [0.15, 0.2) is 60.1 Å². The van der Waals surface area contributed by atoms with E-state index in [0.717, 1.165) is 5.56 Å². The van der Waals surface area contributed by atoms with Crippen molar-refractivity contribution < 1.29 is 19.1 Å². The fourth-order valence-corrected chi connectivity index (χ4v) is 2.89. The molecular weight excluding hydrogens is 311 g/mol. The van der Waals surface area contributed by atoms with Gasteiger partial charge in [0.1, 0.15) is 5.82 Å². The molecule has 0 spiro atoms. The number of aliphatic hydroxyl groups is 1. The van der Waals surface area contributed by atoms with Crippen LogP contribution in [-0.2, 0) is 16.1 Å². The summed E-state index contributed by atoms with van der Waals surface area (Å²) in [4.78, 5) is 29.8. The fraction of sp³-hybridized carbons (Fsp3) is 0.167. The number of ketones is 1. The number of carbonyl (C=O) groups excluding carboxylic acids is 2. The summed E-state index contributed by atoms with van der Waals surface area (Å²) >= 11 is 0. The molecule has 5 nitrogen and oxygen atoms in total. The predicted molar refractivity (Wildman–Crippen MR) is 84.3 cm³/mol. The molecule has 1 aromatic carbocycles. The number of aromatic nitrogens is 1. The lowest BCUT2D eigenvalue weighted by Gasteiger charge is -2.26. The first-order valence-electron chi connectivity index (χ1n) is 7.38. The molecule has 2 aromatic rings. The molecule has 0 saturated heterocycles. The zero-order valence-corrected chi connectivity index (χ0v) is 12.9. The van der Waals surface area contributed by atoms with E-state index in [2.05, 4.69) is 4.98 Å². The summed E-state index contributed by atoms with van der Waals surface area (Å²) in [6, 6.07) is 8.35. The van der Waals surface area contributed by atoms with E-state index in [1.54, 1.807) is 30.6 Å². The monoisotopic (exact) mass is 326 g/mol. The van der Waals surface area contributed by atoms with Crippen LogP contribution in [0, 0.1) is 5.82 Å². The van der Waals surface area contributed by atoms with Crippen LogP contribution in [0.2, 0.25) is 0 Å². The minimum absolute atomic E-state index is 0.0190. The van der Waals surface area contributed by atoms with Gasteiger partial charge in [-0.05, 0) is 36.2 Å². The van der Waals surface area contributed by atoms with Crippen molar-refractivity contribution in [3.05, 3.63) is 77.1 Å². The van der Waals surface area contributed by atoms with Gasteiger partial charge in [0.15, 0.2) is 11.5 Å². The Kier molecular flexibility index (Phi) is 4.12. The van der Waals surface area contributed by atoms with Gasteiger partial charge in [-0.2, -0.15) is 0 Å². The first-order valence-corrected chi connectivity index (χ1v) is 7.38. The Morgan fingerprint density at radius 1 is 1.33 bits per heavy atom. The van der Waals surface area contributed by atoms with E-state index in [0.29, 0.717) is 5.56 Å². The van der Waals surface area contributed by atoms with Crippen molar-refractivity contribution in [2.75, 3.05) is 0 Å². The van der Waals surface area contributed by atoms with Crippen molar-refractivity contribution in [1.82, 2.24) is 9.88 Å². The van der Waals surface area contributed by atoms with Crippen molar-refractivity contribution in [1.29, 1.82) is 0 Å². The molecule has 6 heteroatoms. The molecule has 1 atom stereocenters.